The molecule has 13 heavy (non-hydrogen) atoms. The normalized spacial score (nSPS) is 13.2. The van der Waals surface area contributed by atoms with Gasteiger partial charge in [-0.05, 0) is 31.3 Å². The van der Waals surface area contributed by atoms with Crippen LogP contribution in [0.25, 0.3) is 0 Å². The second kappa shape index (κ2) is 8.03. The van der Waals surface area contributed by atoms with E-state index in [2.05, 4.69) is 38.8 Å². The lowest BCUT2D eigenvalue weighted by Crippen LogP contribution is -1.86. The van der Waals surface area contributed by atoms with Crippen LogP contribution in [0.2, 0.25) is 0 Å². The maximum atomic E-state index is 4.35. The van der Waals surface area contributed by atoms with Crippen molar-refractivity contribution in [2.24, 2.45) is 10.9 Å². The van der Waals surface area contributed by atoms with Gasteiger partial charge in [-0.15, -0.1) is 0 Å². The van der Waals surface area contributed by atoms with Gasteiger partial charge in [-0.1, -0.05) is 33.3 Å². The second-order valence-electron chi connectivity index (χ2n) is 3.97. The summed E-state index contributed by atoms with van der Waals surface area (Å²) < 4.78 is 0. The largest absolute Gasteiger partial charge is 0.293 e. The zero-order valence-electron chi connectivity index (χ0n) is 9.51. The van der Waals surface area contributed by atoms with Gasteiger partial charge >= 0.3 is 0 Å². The number of rotatable bonds is 6. The van der Waals surface area contributed by atoms with E-state index in [1.807, 2.05) is 6.21 Å². The van der Waals surface area contributed by atoms with Crippen molar-refractivity contribution in [1.29, 1.82) is 0 Å². The van der Waals surface area contributed by atoms with E-state index in [1.165, 1.54) is 18.4 Å². The number of aliphatic imine (C=N–C) groups is 1. The van der Waals surface area contributed by atoms with Gasteiger partial charge in [0.1, 0.15) is 0 Å². The summed E-state index contributed by atoms with van der Waals surface area (Å²) in [4.78, 5) is 4.35. The Bertz CT molecular complexity index is 166. The minimum absolute atomic E-state index is 0.749. The number of hydrogen-bond donors (Lipinski definition) is 0. The van der Waals surface area contributed by atoms with E-state index in [0.717, 1.165) is 18.9 Å². The van der Waals surface area contributed by atoms with Gasteiger partial charge in [-0.3, -0.25) is 4.99 Å². The highest BCUT2D eigenvalue weighted by molar-refractivity contribution is 5.77. The number of unbranched alkanes of at least 4 members (excludes halogenated alkanes) is 1. The maximum absolute atomic E-state index is 4.35. The van der Waals surface area contributed by atoms with Crippen LogP contribution in [-0.4, -0.2) is 12.8 Å². The average molecular weight is 181 g/mol. The molecule has 1 heteroatoms. The smallest absolute Gasteiger partial charge is 0.0389 e. The van der Waals surface area contributed by atoms with Gasteiger partial charge in [-0.25, -0.2) is 0 Å². The minimum atomic E-state index is 0.749. The molecule has 0 heterocycles. The van der Waals surface area contributed by atoms with Crippen molar-refractivity contribution >= 4 is 6.21 Å². The molecule has 0 rings (SSSR count). The predicted molar refractivity (Wildman–Crippen MR) is 61.5 cm³/mol. The van der Waals surface area contributed by atoms with E-state index in [0.29, 0.717) is 0 Å². The van der Waals surface area contributed by atoms with Gasteiger partial charge in [0.2, 0.25) is 0 Å². The molecule has 0 aliphatic rings. The Morgan fingerprint density at radius 1 is 1.38 bits per heavy atom. The summed E-state index contributed by atoms with van der Waals surface area (Å²) in [5.41, 5.74) is 1.30. The van der Waals surface area contributed by atoms with Crippen molar-refractivity contribution in [3.8, 4) is 0 Å². The van der Waals surface area contributed by atoms with E-state index in [-0.39, 0.29) is 0 Å². The van der Waals surface area contributed by atoms with Gasteiger partial charge in [0.05, 0.1) is 0 Å². The molecule has 0 N–H and O–H groups in total. The van der Waals surface area contributed by atoms with Crippen molar-refractivity contribution in [3.63, 3.8) is 0 Å². The molecule has 0 aliphatic heterocycles. The fourth-order valence-corrected chi connectivity index (χ4v) is 0.932. The fourth-order valence-electron chi connectivity index (χ4n) is 0.932. The Labute approximate surface area is 83.0 Å². The molecule has 0 saturated carbocycles. The van der Waals surface area contributed by atoms with Gasteiger partial charge in [0.15, 0.2) is 0 Å². The van der Waals surface area contributed by atoms with Crippen LogP contribution in [0.5, 0.6) is 0 Å². The molecule has 0 atom stereocenters. The summed E-state index contributed by atoms with van der Waals surface area (Å²) in [5.74, 6) is 0.749. The van der Waals surface area contributed by atoms with Gasteiger partial charge < -0.3 is 0 Å². The summed E-state index contributed by atoms with van der Waals surface area (Å²) in [5, 5.41) is 0. The lowest BCUT2D eigenvalue weighted by atomic mass is 10.1. The van der Waals surface area contributed by atoms with Crippen LogP contribution in [0.4, 0.5) is 0 Å². The van der Waals surface area contributed by atoms with E-state index >= 15 is 0 Å². The number of nitrogens with zero attached hydrogens (tertiary/aromatic N) is 1. The van der Waals surface area contributed by atoms with E-state index in [1.54, 1.807) is 0 Å². The van der Waals surface area contributed by atoms with Crippen molar-refractivity contribution < 1.29 is 0 Å². The third-order valence-electron chi connectivity index (χ3n) is 1.85. The Kier molecular flexibility index (Phi) is 7.66. The fraction of sp³-hybridized carbons (Fsp3) is 0.750. The minimum Gasteiger partial charge on any atom is -0.293 e. The first-order chi connectivity index (χ1) is 6.16. The van der Waals surface area contributed by atoms with Crippen LogP contribution >= 0.6 is 0 Å². The maximum Gasteiger partial charge on any atom is 0.0389 e. The van der Waals surface area contributed by atoms with E-state index in [4.69, 9.17) is 0 Å². The number of allylic oxidation sites excluding steroid dienone is 2. The summed E-state index contributed by atoms with van der Waals surface area (Å²) in [6.45, 7) is 9.76. The molecular weight excluding hydrogens is 158 g/mol. The molecule has 76 valence electrons. The zero-order chi connectivity index (χ0) is 10.1. The SMILES string of the molecule is CCCC/N=C\C(C)=C/CC(C)C. The molecule has 1 nitrogen and oxygen atoms in total. The third kappa shape index (κ3) is 9.32. The third-order valence-corrected chi connectivity index (χ3v) is 1.85. The molecule has 0 aromatic heterocycles. The Morgan fingerprint density at radius 3 is 2.62 bits per heavy atom. The van der Waals surface area contributed by atoms with Crippen molar-refractivity contribution in [1.82, 2.24) is 0 Å². The molecule has 0 aromatic carbocycles. The monoisotopic (exact) mass is 181 g/mol. The lowest BCUT2D eigenvalue weighted by molar-refractivity contribution is 0.662. The molecule has 0 bridgehead atoms. The molecule has 0 spiro atoms. The van der Waals surface area contributed by atoms with E-state index in [9.17, 15) is 0 Å². The summed E-state index contributed by atoms with van der Waals surface area (Å²) >= 11 is 0. The summed E-state index contributed by atoms with van der Waals surface area (Å²) in [7, 11) is 0. The molecule has 0 radical (unpaired) electrons. The van der Waals surface area contributed by atoms with Crippen molar-refractivity contribution in [2.45, 2.75) is 47.0 Å². The van der Waals surface area contributed by atoms with Crippen LogP contribution in [0.1, 0.15) is 47.0 Å². The van der Waals surface area contributed by atoms with Gasteiger partial charge in [0.25, 0.3) is 0 Å². The first-order valence-electron chi connectivity index (χ1n) is 5.33. The molecule has 0 saturated heterocycles. The van der Waals surface area contributed by atoms with Crippen LogP contribution in [0.3, 0.4) is 0 Å². The second-order valence-corrected chi connectivity index (χ2v) is 3.97. The standard InChI is InChI=1S/C12H23N/c1-5-6-9-13-10-12(4)8-7-11(2)3/h8,10-11H,5-7,9H2,1-4H3/b12-8-,13-10-. The molecule has 0 fully saturated rings. The Balaban J connectivity index is 3.64. The molecular formula is C12H23N. The molecule has 0 unspecified atom stereocenters. The topological polar surface area (TPSA) is 12.4 Å². The number of hydrogen-bond acceptors (Lipinski definition) is 1. The van der Waals surface area contributed by atoms with Crippen LogP contribution in [0.15, 0.2) is 16.6 Å². The first-order valence-corrected chi connectivity index (χ1v) is 5.33. The highest BCUT2D eigenvalue weighted by atomic mass is 14.7. The van der Waals surface area contributed by atoms with Crippen molar-refractivity contribution in [2.75, 3.05) is 6.54 Å². The quantitative estimate of drug-likeness (QED) is 0.436. The van der Waals surface area contributed by atoms with E-state index < -0.39 is 0 Å². The van der Waals surface area contributed by atoms with Gasteiger partial charge in [-0.2, -0.15) is 0 Å². The lowest BCUT2D eigenvalue weighted by Gasteiger charge is -1.98. The van der Waals surface area contributed by atoms with Crippen molar-refractivity contribution in [3.05, 3.63) is 11.6 Å². The Hall–Kier alpha value is -0.590. The Morgan fingerprint density at radius 2 is 2.08 bits per heavy atom. The molecule has 0 aliphatic carbocycles. The summed E-state index contributed by atoms with van der Waals surface area (Å²) in [6.07, 6.45) is 7.85. The first kappa shape index (κ1) is 12.4. The van der Waals surface area contributed by atoms with Crippen LogP contribution < -0.4 is 0 Å². The molecule has 0 aromatic rings. The van der Waals surface area contributed by atoms with Gasteiger partial charge in [0, 0.05) is 12.8 Å². The predicted octanol–water partition coefficient (Wildman–Crippen LogP) is 3.85. The zero-order valence-corrected chi connectivity index (χ0v) is 9.51. The van der Waals surface area contributed by atoms with Crippen LogP contribution in [0, 0.1) is 5.92 Å². The van der Waals surface area contributed by atoms with Crippen LogP contribution in [-0.2, 0) is 0 Å². The summed E-state index contributed by atoms with van der Waals surface area (Å²) in [6, 6.07) is 0. The highest BCUT2D eigenvalue weighted by Gasteiger charge is 1.89. The molecule has 0 amide bonds. The average Bonchev–Trinajstić information content (AvgIpc) is 2.09. The highest BCUT2D eigenvalue weighted by Crippen LogP contribution is 2.02.